The fourth-order valence-corrected chi connectivity index (χ4v) is 5.92. The molecule has 2 heterocycles. The summed E-state index contributed by atoms with van der Waals surface area (Å²) in [6.07, 6.45) is 5.04. The first kappa shape index (κ1) is 24.6. The molecule has 1 aliphatic rings. The summed E-state index contributed by atoms with van der Waals surface area (Å²) < 4.78 is 2.44. The number of hydrogen-bond donors (Lipinski definition) is 0. The molecule has 0 unspecified atom stereocenters. The van der Waals surface area contributed by atoms with Crippen LogP contribution in [0.2, 0.25) is 0 Å². The van der Waals surface area contributed by atoms with Gasteiger partial charge in [-0.2, -0.15) is 5.10 Å². The van der Waals surface area contributed by atoms with Gasteiger partial charge < -0.3 is 0 Å². The van der Waals surface area contributed by atoms with Crippen LogP contribution in [0.25, 0.3) is 23.0 Å². The van der Waals surface area contributed by atoms with Gasteiger partial charge in [-0.05, 0) is 48.1 Å². The summed E-state index contributed by atoms with van der Waals surface area (Å²) in [5, 5.41) is 4.91. The Hall–Kier alpha value is -3.13. The summed E-state index contributed by atoms with van der Waals surface area (Å²) in [5.74, 6) is 1.02. The van der Waals surface area contributed by atoms with Crippen molar-refractivity contribution < 1.29 is 4.79 Å². The number of thiocarbonyl (C=S) groups is 1. The number of amides is 1. The fraction of sp³-hybridized carbons (Fsp3) is 0.138. The van der Waals surface area contributed by atoms with Gasteiger partial charge in [-0.3, -0.25) is 9.69 Å². The van der Waals surface area contributed by atoms with Crippen LogP contribution in [0.4, 0.5) is 0 Å². The lowest BCUT2D eigenvalue weighted by atomic mass is 10.1. The van der Waals surface area contributed by atoms with E-state index in [1.165, 1.54) is 16.7 Å². The zero-order chi connectivity index (χ0) is 24.9. The third-order valence-corrected chi connectivity index (χ3v) is 8.30. The van der Waals surface area contributed by atoms with E-state index in [0.29, 0.717) is 15.8 Å². The van der Waals surface area contributed by atoms with Gasteiger partial charge in [0.05, 0.1) is 22.8 Å². The lowest BCUT2D eigenvalue weighted by Crippen LogP contribution is -2.27. The molecule has 1 aromatic heterocycles. The van der Waals surface area contributed by atoms with E-state index in [1.807, 2.05) is 89.4 Å². The topological polar surface area (TPSA) is 38.1 Å². The van der Waals surface area contributed by atoms with Gasteiger partial charge in [0.1, 0.15) is 4.32 Å². The zero-order valence-corrected chi connectivity index (χ0v) is 22.3. The van der Waals surface area contributed by atoms with Crippen LogP contribution in [0.5, 0.6) is 0 Å². The van der Waals surface area contributed by atoms with Gasteiger partial charge in [-0.15, -0.1) is 11.8 Å². The first-order valence-electron chi connectivity index (χ1n) is 11.8. The molecule has 5 rings (SSSR count). The van der Waals surface area contributed by atoms with E-state index in [1.54, 1.807) is 4.90 Å². The quantitative estimate of drug-likeness (QED) is 0.135. The molecular weight excluding hydrogens is 503 g/mol. The predicted molar refractivity (Wildman–Crippen MR) is 155 cm³/mol. The van der Waals surface area contributed by atoms with Crippen molar-refractivity contribution in [1.29, 1.82) is 0 Å². The van der Waals surface area contributed by atoms with Crippen LogP contribution in [0.15, 0.2) is 101 Å². The number of carbonyl (C=O) groups is 1. The second-order valence-electron chi connectivity index (χ2n) is 8.34. The molecule has 0 atom stereocenters. The zero-order valence-electron chi connectivity index (χ0n) is 19.8. The van der Waals surface area contributed by atoms with Gasteiger partial charge in [-0.25, -0.2) is 4.68 Å². The minimum absolute atomic E-state index is 0.0708. The normalized spacial score (nSPS) is 14.7. The molecule has 7 heteroatoms. The molecule has 1 fully saturated rings. The molecule has 0 aliphatic carbocycles. The van der Waals surface area contributed by atoms with Crippen molar-refractivity contribution in [3.8, 4) is 16.9 Å². The Bertz CT molecular complexity index is 1400. The second kappa shape index (κ2) is 11.3. The maximum atomic E-state index is 13.3. The summed E-state index contributed by atoms with van der Waals surface area (Å²) >= 11 is 8.77. The minimum atomic E-state index is -0.0708. The first-order chi connectivity index (χ1) is 17.6. The lowest BCUT2D eigenvalue weighted by Gasteiger charge is -2.14. The molecule has 4 aromatic rings. The molecule has 36 heavy (non-hydrogen) atoms. The number of carbonyl (C=O) groups excluding carboxylic acids is 1. The van der Waals surface area contributed by atoms with Gasteiger partial charge in [0.2, 0.25) is 0 Å². The van der Waals surface area contributed by atoms with Crippen molar-refractivity contribution in [3.05, 3.63) is 107 Å². The number of thioether (sulfide) groups is 2. The molecule has 0 spiro atoms. The third kappa shape index (κ3) is 5.48. The van der Waals surface area contributed by atoms with Gasteiger partial charge in [0, 0.05) is 22.2 Å². The smallest absolute Gasteiger partial charge is 0.266 e. The molecule has 1 aliphatic heterocycles. The van der Waals surface area contributed by atoms with Gasteiger partial charge >= 0.3 is 0 Å². The highest BCUT2D eigenvalue weighted by Crippen LogP contribution is 2.36. The Morgan fingerprint density at radius 3 is 2.36 bits per heavy atom. The summed E-state index contributed by atoms with van der Waals surface area (Å²) in [5.41, 5.74) is 4.74. The highest BCUT2D eigenvalue weighted by Gasteiger charge is 2.32. The second-order valence-corrected chi connectivity index (χ2v) is 11.2. The van der Waals surface area contributed by atoms with E-state index >= 15 is 0 Å². The van der Waals surface area contributed by atoms with Crippen LogP contribution in [-0.2, 0) is 11.3 Å². The van der Waals surface area contributed by atoms with Crippen LogP contribution in [-0.4, -0.2) is 30.7 Å². The molecule has 0 bridgehead atoms. The van der Waals surface area contributed by atoms with E-state index in [4.69, 9.17) is 17.3 Å². The number of para-hydroxylation sites is 1. The number of rotatable bonds is 8. The van der Waals surface area contributed by atoms with Crippen molar-refractivity contribution in [2.24, 2.45) is 0 Å². The molecular formula is C29H25N3OS3. The van der Waals surface area contributed by atoms with Crippen LogP contribution in [0.3, 0.4) is 0 Å². The van der Waals surface area contributed by atoms with Gasteiger partial charge in [0.15, 0.2) is 0 Å². The van der Waals surface area contributed by atoms with E-state index in [9.17, 15) is 4.79 Å². The molecule has 4 nitrogen and oxygen atoms in total. The van der Waals surface area contributed by atoms with Gasteiger partial charge in [0.25, 0.3) is 5.91 Å². The fourth-order valence-electron chi connectivity index (χ4n) is 3.90. The maximum Gasteiger partial charge on any atom is 0.266 e. The van der Waals surface area contributed by atoms with E-state index < -0.39 is 0 Å². The van der Waals surface area contributed by atoms with Crippen LogP contribution in [0, 0.1) is 0 Å². The number of nitrogens with zero attached hydrogens (tertiary/aromatic N) is 3. The van der Waals surface area contributed by atoms with E-state index in [2.05, 4.69) is 31.2 Å². The molecule has 1 amide bonds. The number of benzene rings is 3. The van der Waals surface area contributed by atoms with Crippen LogP contribution < -0.4 is 0 Å². The van der Waals surface area contributed by atoms with Crippen molar-refractivity contribution in [2.45, 2.75) is 24.8 Å². The first-order valence-corrected chi connectivity index (χ1v) is 14.0. The molecule has 0 radical (unpaired) electrons. The molecule has 0 saturated carbocycles. The summed E-state index contributed by atoms with van der Waals surface area (Å²) in [6, 6.07) is 28.4. The average molecular weight is 528 g/mol. The Balaban J connectivity index is 1.49. The summed E-state index contributed by atoms with van der Waals surface area (Å²) in [6.45, 7) is 2.65. The highest BCUT2D eigenvalue weighted by molar-refractivity contribution is 8.26. The average Bonchev–Trinajstić information content (AvgIpc) is 3.45. The molecule has 3 aromatic carbocycles. The maximum absolute atomic E-state index is 13.3. The van der Waals surface area contributed by atoms with Crippen molar-refractivity contribution in [3.63, 3.8) is 0 Å². The Morgan fingerprint density at radius 1 is 0.972 bits per heavy atom. The number of hydrogen-bond acceptors (Lipinski definition) is 5. The lowest BCUT2D eigenvalue weighted by molar-refractivity contribution is -0.122. The minimum Gasteiger partial charge on any atom is -0.288 e. The third-order valence-electron chi connectivity index (χ3n) is 5.71. The van der Waals surface area contributed by atoms with Crippen molar-refractivity contribution in [1.82, 2.24) is 14.7 Å². The monoisotopic (exact) mass is 527 g/mol. The Kier molecular flexibility index (Phi) is 7.70. The summed E-state index contributed by atoms with van der Waals surface area (Å²) in [7, 11) is 0. The molecule has 0 N–H and O–H groups in total. The van der Waals surface area contributed by atoms with Crippen LogP contribution >= 0.6 is 35.7 Å². The van der Waals surface area contributed by atoms with Gasteiger partial charge in [-0.1, -0.05) is 91.6 Å². The van der Waals surface area contributed by atoms with Crippen molar-refractivity contribution >= 4 is 52.0 Å². The highest BCUT2D eigenvalue weighted by atomic mass is 32.2. The summed E-state index contributed by atoms with van der Waals surface area (Å²) in [4.78, 5) is 16.8. The Labute approximate surface area is 225 Å². The Morgan fingerprint density at radius 2 is 1.67 bits per heavy atom. The van der Waals surface area contributed by atoms with E-state index in [0.717, 1.165) is 40.2 Å². The number of aromatic nitrogens is 2. The molecule has 1 saturated heterocycles. The van der Waals surface area contributed by atoms with E-state index in [-0.39, 0.29) is 5.91 Å². The van der Waals surface area contributed by atoms with Crippen LogP contribution in [0.1, 0.15) is 24.5 Å². The largest absolute Gasteiger partial charge is 0.288 e. The standard InChI is InChI=1S/C29H25N3OS3/c1-2-17-35-25-15-13-22(14-16-25)27-23(20-32(30-27)24-11-7-4-8-12-24)18-26-28(33)31(29(34)36-26)19-21-9-5-3-6-10-21/h3-16,18,20H,2,17,19H2,1H3/b26-18-. The SMILES string of the molecule is CCCSc1ccc(-c2nn(-c3ccccc3)cc2/C=C2\SC(=S)N(Cc3ccccc3)C2=O)cc1. The predicted octanol–water partition coefficient (Wildman–Crippen LogP) is 7.44. The van der Waals surface area contributed by atoms with Crippen molar-refractivity contribution in [2.75, 3.05) is 5.75 Å². The molecule has 180 valence electrons.